The highest BCUT2D eigenvalue weighted by molar-refractivity contribution is 5.73. The zero-order chi connectivity index (χ0) is 30.0. The second-order valence-electron chi connectivity index (χ2n) is 9.39. The fourth-order valence-corrected chi connectivity index (χ4v) is 4.36. The summed E-state index contributed by atoms with van der Waals surface area (Å²) in [6.45, 7) is 6.50. The number of aliphatic carboxylic acids is 2. The van der Waals surface area contributed by atoms with Crippen molar-refractivity contribution in [2.45, 2.75) is 43.1 Å². The fraction of sp³-hybridized carbons (Fsp3) is 0.500. The third-order valence-corrected chi connectivity index (χ3v) is 6.59. The van der Waals surface area contributed by atoms with E-state index in [1.807, 2.05) is 18.2 Å². The van der Waals surface area contributed by atoms with Crippen LogP contribution in [0.4, 0.5) is 26.3 Å². The molecule has 0 aliphatic carbocycles. The molecule has 0 radical (unpaired) electrons. The first kappa shape index (κ1) is 33.0. The molecule has 2 aromatic rings. The molecule has 0 spiro atoms. The molecule has 0 saturated carbocycles. The molecule has 1 unspecified atom stereocenters. The first-order valence-corrected chi connectivity index (χ1v) is 12.4. The Bertz CT molecular complexity index is 1040. The Morgan fingerprint density at radius 3 is 1.80 bits per heavy atom. The van der Waals surface area contributed by atoms with Crippen molar-refractivity contribution in [1.82, 2.24) is 14.8 Å². The van der Waals surface area contributed by atoms with E-state index < -0.39 is 29.9 Å². The van der Waals surface area contributed by atoms with Gasteiger partial charge in [0.1, 0.15) is 5.60 Å². The van der Waals surface area contributed by atoms with Gasteiger partial charge in [-0.3, -0.25) is 4.98 Å². The largest absolute Gasteiger partial charge is 0.490 e. The number of carboxylic acids is 2. The zero-order valence-electron chi connectivity index (χ0n) is 21.4. The fourth-order valence-electron chi connectivity index (χ4n) is 4.36. The van der Waals surface area contributed by atoms with Gasteiger partial charge in [-0.1, -0.05) is 36.4 Å². The monoisotopic (exact) mass is 579 g/mol. The van der Waals surface area contributed by atoms with Crippen molar-refractivity contribution in [2.75, 3.05) is 39.3 Å². The average molecular weight is 580 g/mol. The molecule has 2 aliphatic heterocycles. The summed E-state index contributed by atoms with van der Waals surface area (Å²) in [6.07, 6.45) is -5.58. The van der Waals surface area contributed by atoms with Crippen LogP contribution in [-0.2, 0) is 15.2 Å². The number of likely N-dealkylation sites (tertiary alicyclic amines) is 2. The molecule has 2 aliphatic rings. The summed E-state index contributed by atoms with van der Waals surface area (Å²) in [5.74, 6) is -4.83. The normalized spacial score (nSPS) is 19.5. The number of halogens is 6. The molecule has 222 valence electrons. The SMILES string of the molecule is O=C(O)C(F)(F)F.O=C(O)C(F)(F)F.OC1(c2ccccn2)CCN(CCN2CCC(c3ccccc3)C2)CC1. The quantitative estimate of drug-likeness (QED) is 0.454. The lowest BCUT2D eigenvalue weighted by Gasteiger charge is -2.38. The van der Waals surface area contributed by atoms with Gasteiger partial charge in [0.05, 0.1) is 5.69 Å². The van der Waals surface area contributed by atoms with E-state index >= 15 is 0 Å². The van der Waals surface area contributed by atoms with Gasteiger partial charge in [-0.05, 0) is 49.4 Å². The van der Waals surface area contributed by atoms with E-state index in [9.17, 15) is 31.4 Å². The van der Waals surface area contributed by atoms with E-state index in [1.165, 1.54) is 25.1 Å². The number of nitrogens with zero attached hydrogens (tertiary/aromatic N) is 3. The second kappa shape index (κ2) is 14.4. The zero-order valence-corrected chi connectivity index (χ0v) is 21.4. The number of carbonyl (C=O) groups is 2. The van der Waals surface area contributed by atoms with Crippen molar-refractivity contribution in [3.63, 3.8) is 0 Å². The van der Waals surface area contributed by atoms with Crippen LogP contribution in [0.3, 0.4) is 0 Å². The summed E-state index contributed by atoms with van der Waals surface area (Å²) in [7, 11) is 0. The van der Waals surface area contributed by atoms with Crippen LogP contribution in [-0.4, -0.2) is 93.7 Å². The maximum Gasteiger partial charge on any atom is 0.490 e. The molecule has 4 rings (SSSR count). The van der Waals surface area contributed by atoms with Crippen molar-refractivity contribution in [3.8, 4) is 0 Å². The van der Waals surface area contributed by atoms with E-state index in [2.05, 4.69) is 45.1 Å². The van der Waals surface area contributed by atoms with E-state index in [0.717, 1.165) is 44.7 Å². The summed E-state index contributed by atoms with van der Waals surface area (Å²) >= 11 is 0. The van der Waals surface area contributed by atoms with E-state index in [4.69, 9.17) is 19.8 Å². The van der Waals surface area contributed by atoms with Gasteiger partial charge in [-0.2, -0.15) is 26.3 Å². The molecular formula is C26H31F6N3O5. The molecule has 40 heavy (non-hydrogen) atoms. The highest BCUT2D eigenvalue weighted by Crippen LogP contribution is 2.31. The predicted octanol–water partition coefficient (Wildman–Crippen LogP) is 4.12. The topological polar surface area (TPSA) is 114 Å². The van der Waals surface area contributed by atoms with Crippen LogP contribution < -0.4 is 0 Å². The number of carboxylic acid groups (broad SMARTS) is 2. The van der Waals surface area contributed by atoms with Crippen molar-refractivity contribution in [1.29, 1.82) is 0 Å². The number of aromatic nitrogens is 1. The molecular weight excluding hydrogens is 548 g/mol. The number of aliphatic hydroxyl groups is 1. The van der Waals surface area contributed by atoms with E-state index in [1.54, 1.807) is 6.20 Å². The van der Waals surface area contributed by atoms with Gasteiger partial charge < -0.3 is 25.1 Å². The number of piperidine rings is 1. The summed E-state index contributed by atoms with van der Waals surface area (Å²) in [6, 6.07) is 16.7. The van der Waals surface area contributed by atoms with Gasteiger partial charge in [0, 0.05) is 38.9 Å². The van der Waals surface area contributed by atoms with Crippen molar-refractivity contribution >= 4 is 11.9 Å². The van der Waals surface area contributed by atoms with Gasteiger partial charge >= 0.3 is 24.3 Å². The van der Waals surface area contributed by atoms with Gasteiger partial charge in [-0.15, -0.1) is 0 Å². The lowest BCUT2D eigenvalue weighted by Crippen LogP contribution is -2.45. The summed E-state index contributed by atoms with van der Waals surface area (Å²) in [4.78, 5) is 27.2. The Morgan fingerprint density at radius 1 is 0.825 bits per heavy atom. The first-order valence-electron chi connectivity index (χ1n) is 12.4. The minimum absolute atomic E-state index is 0.687. The van der Waals surface area contributed by atoms with Gasteiger partial charge in [-0.25, -0.2) is 9.59 Å². The lowest BCUT2D eigenvalue weighted by molar-refractivity contribution is -0.193. The minimum Gasteiger partial charge on any atom is -0.475 e. The predicted molar refractivity (Wildman–Crippen MR) is 131 cm³/mol. The molecule has 1 aromatic heterocycles. The lowest BCUT2D eigenvalue weighted by atomic mass is 9.88. The Kier molecular flexibility index (Phi) is 11.9. The third kappa shape index (κ3) is 10.7. The van der Waals surface area contributed by atoms with Crippen molar-refractivity contribution < 1.29 is 51.3 Å². The van der Waals surface area contributed by atoms with Crippen LogP contribution >= 0.6 is 0 Å². The number of alkyl halides is 6. The first-order chi connectivity index (χ1) is 18.6. The highest BCUT2D eigenvalue weighted by Gasteiger charge is 2.39. The molecule has 3 N–H and O–H groups in total. The van der Waals surface area contributed by atoms with Gasteiger partial charge in [0.2, 0.25) is 0 Å². The highest BCUT2D eigenvalue weighted by atomic mass is 19.4. The van der Waals surface area contributed by atoms with E-state index in [0.29, 0.717) is 5.92 Å². The maximum absolute atomic E-state index is 10.9. The summed E-state index contributed by atoms with van der Waals surface area (Å²) < 4.78 is 63.5. The number of pyridine rings is 1. The van der Waals surface area contributed by atoms with Crippen molar-refractivity contribution in [3.05, 3.63) is 66.0 Å². The molecule has 14 heteroatoms. The minimum atomic E-state index is -5.08. The number of benzene rings is 1. The standard InChI is InChI=1S/C22H29N3O.2C2HF3O2/c26-22(21-8-4-5-12-23-21)10-14-24(15-11-22)16-17-25-13-9-20(18-25)19-6-2-1-3-7-19;2*3-2(4,5)1(6)7/h1-8,12,20,26H,9-11,13-18H2;2*(H,6,7). The maximum atomic E-state index is 10.9. The molecule has 0 bridgehead atoms. The molecule has 8 nitrogen and oxygen atoms in total. The number of hydrogen-bond acceptors (Lipinski definition) is 6. The van der Waals surface area contributed by atoms with Crippen LogP contribution in [0, 0.1) is 0 Å². The van der Waals surface area contributed by atoms with Gasteiger partial charge in [0.15, 0.2) is 0 Å². The average Bonchev–Trinajstić information content (AvgIpc) is 3.38. The Morgan fingerprint density at radius 2 is 1.32 bits per heavy atom. The number of rotatable bonds is 5. The molecule has 3 heterocycles. The Labute approximate surface area is 226 Å². The Balaban J connectivity index is 0.000000333. The molecule has 2 saturated heterocycles. The molecule has 2 fully saturated rings. The van der Waals surface area contributed by atoms with Crippen LogP contribution in [0.2, 0.25) is 0 Å². The molecule has 1 atom stereocenters. The van der Waals surface area contributed by atoms with E-state index in [-0.39, 0.29) is 0 Å². The number of hydrogen-bond donors (Lipinski definition) is 3. The van der Waals surface area contributed by atoms with Crippen LogP contribution in [0.25, 0.3) is 0 Å². The van der Waals surface area contributed by atoms with Crippen molar-refractivity contribution in [2.24, 2.45) is 0 Å². The summed E-state index contributed by atoms with van der Waals surface area (Å²) in [5, 5.41) is 25.2. The van der Waals surface area contributed by atoms with Crippen LogP contribution in [0.5, 0.6) is 0 Å². The second-order valence-corrected chi connectivity index (χ2v) is 9.39. The molecule has 0 amide bonds. The molecule has 1 aromatic carbocycles. The van der Waals surface area contributed by atoms with Gasteiger partial charge in [0.25, 0.3) is 0 Å². The Hall–Kier alpha value is -3.23. The summed E-state index contributed by atoms with van der Waals surface area (Å²) in [5.41, 5.74) is 1.56. The smallest absolute Gasteiger partial charge is 0.475 e. The third-order valence-electron chi connectivity index (χ3n) is 6.59. The van der Waals surface area contributed by atoms with Crippen LogP contribution in [0.1, 0.15) is 36.4 Å². The van der Waals surface area contributed by atoms with Crippen LogP contribution in [0.15, 0.2) is 54.7 Å².